The van der Waals surface area contributed by atoms with Crippen molar-refractivity contribution in [2.45, 2.75) is 26.3 Å². The third kappa shape index (κ3) is 5.01. The summed E-state index contributed by atoms with van der Waals surface area (Å²) in [7, 11) is 0. The fourth-order valence-corrected chi connectivity index (χ4v) is 1.43. The Morgan fingerprint density at radius 2 is 1.80 bits per heavy atom. The standard InChI is InChI=1S/C11H16IN3/c1-11(2,3)15-10(13)14-9-6-4-8(12)5-7-9/h4-7H,1-3H3,(H3,13,14,15). The maximum atomic E-state index is 5.77. The summed E-state index contributed by atoms with van der Waals surface area (Å²) >= 11 is 2.26. The van der Waals surface area contributed by atoms with Gasteiger partial charge in [-0.2, -0.15) is 0 Å². The summed E-state index contributed by atoms with van der Waals surface area (Å²) in [5, 5.41) is 3.05. The summed E-state index contributed by atoms with van der Waals surface area (Å²) in [4.78, 5) is 4.31. The van der Waals surface area contributed by atoms with Gasteiger partial charge in [0.1, 0.15) is 0 Å². The number of hydrogen-bond acceptors (Lipinski definition) is 1. The number of aliphatic imine (C=N–C) groups is 1. The lowest BCUT2D eigenvalue weighted by molar-refractivity contribution is 0.583. The van der Waals surface area contributed by atoms with Gasteiger partial charge in [-0.05, 0) is 67.6 Å². The van der Waals surface area contributed by atoms with Crippen LogP contribution in [-0.4, -0.2) is 11.5 Å². The van der Waals surface area contributed by atoms with E-state index < -0.39 is 0 Å². The van der Waals surface area contributed by atoms with E-state index in [0.717, 1.165) is 5.69 Å². The van der Waals surface area contributed by atoms with Gasteiger partial charge in [0.25, 0.3) is 0 Å². The van der Waals surface area contributed by atoms with E-state index in [1.165, 1.54) is 3.57 Å². The first-order valence-electron chi connectivity index (χ1n) is 4.75. The molecule has 15 heavy (non-hydrogen) atoms. The Hall–Kier alpha value is -0.780. The van der Waals surface area contributed by atoms with Crippen LogP contribution in [0.15, 0.2) is 29.3 Å². The van der Waals surface area contributed by atoms with Crippen LogP contribution in [-0.2, 0) is 0 Å². The Morgan fingerprint density at radius 1 is 1.27 bits per heavy atom. The normalized spacial score (nSPS) is 12.7. The van der Waals surface area contributed by atoms with E-state index in [0.29, 0.717) is 5.96 Å². The molecule has 0 aliphatic carbocycles. The summed E-state index contributed by atoms with van der Waals surface area (Å²) in [6.07, 6.45) is 0. The van der Waals surface area contributed by atoms with E-state index in [-0.39, 0.29) is 5.54 Å². The van der Waals surface area contributed by atoms with Crippen molar-refractivity contribution in [3.8, 4) is 0 Å². The molecule has 0 radical (unpaired) electrons. The molecule has 0 spiro atoms. The van der Waals surface area contributed by atoms with Crippen molar-refractivity contribution < 1.29 is 0 Å². The molecular weight excluding hydrogens is 301 g/mol. The highest BCUT2D eigenvalue weighted by molar-refractivity contribution is 14.1. The molecule has 0 aromatic heterocycles. The maximum Gasteiger partial charge on any atom is 0.193 e. The van der Waals surface area contributed by atoms with Crippen LogP contribution in [0.5, 0.6) is 0 Å². The number of halogens is 1. The third-order valence-electron chi connectivity index (χ3n) is 1.57. The number of benzene rings is 1. The lowest BCUT2D eigenvalue weighted by Crippen LogP contribution is -2.27. The lowest BCUT2D eigenvalue weighted by atomic mass is 10.1. The van der Waals surface area contributed by atoms with E-state index >= 15 is 0 Å². The monoisotopic (exact) mass is 317 g/mol. The minimum absolute atomic E-state index is 0.152. The number of hydrogen-bond donors (Lipinski definition) is 2. The van der Waals surface area contributed by atoms with E-state index in [1.807, 2.05) is 45.0 Å². The Balaban J connectivity index is 2.70. The van der Waals surface area contributed by atoms with Crippen LogP contribution in [0.4, 0.5) is 5.69 Å². The molecule has 1 aromatic carbocycles. The number of nitrogens with zero attached hydrogens (tertiary/aromatic N) is 1. The Labute approximate surface area is 104 Å². The van der Waals surface area contributed by atoms with Gasteiger partial charge >= 0.3 is 0 Å². The molecule has 1 rings (SSSR count). The number of rotatable bonds is 1. The van der Waals surface area contributed by atoms with E-state index in [2.05, 4.69) is 32.9 Å². The zero-order valence-electron chi connectivity index (χ0n) is 9.21. The molecule has 0 bridgehead atoms. The molecule has 82 valence electrons. The van der Waals surface area contributed by atoms with Crippen molar-refractivity contribution in [2.24, 2.45) is 10.7 Å². The molecule has 1 aromatic rings. The van der Waals surface area contributed by atoms with Crippen molar-refractivity contribution in [2.75, 3.05) is 5.32 Å². The number of anilines is 1. The van der Waals surface area contributed by atoms with E-state index in [1.54, 1.807) is 0 Å². The summed E-state index contributed by atoms with van der Waals surface area (Å²) in [5.74, 6) is 0.448. The van der Waals surface area contributed by atoms with Gasteiger partial charge in [0.05, 0.1) is 5.54 Å². The van der Waals surface area contributed by atoms with Gasteiger partial charge < -0.3 is 11.1 Å². The van der Waals surface area contributed by atoms with E-state index in [4.69, 9.17) is 5.73 Å². The topological polar surface area (TPSA) is 50.4 Å². The van der Waals surface area contributed by atoms with Crippen LogP contribution in [0.25, 0.3) is 0 Å². The second kappa shape index (κ2) is 4.83. The predicted molar refractivity (Wildman–Crippen MR) is 74.2 cm³/mol. The first-order chi connectivity index (χ1) is 6.87. The Morgan fingerprint density at radius 3 is 2.27 bits per heavy atom. The number of nitrogens with two attached hydrogens (primary N) is 1. The van der Waals surface area contributed by atoms with Crippen LogP contribution in [0.2, 0.25) is 0 Å². The zero-order chi connectivity index (χ0) is 11.5. The molecule has 0 aliphatic rings. The molecule has 3 nitrogen and oxygen atoms in total. The highest BCUT2D eigenvalue weighted by atomic mass is 127. The second-order valence-corrected chi connectivity index (χ2v) is 5.55. The minimum Gasteiger partial charge on any atom is -0.370 e. The molecule has 0 saturated heterocycles. The summed E-state index contributed by atoms with van der Waals surface area (Å²) in [6, 6.07) is 8.00. The second-order valence-electron chi connectivity index (χ2n) is 4.30. The zero-order valence-corrected chi connectivity index (χ0v) is 11.4. The molecule has 0 heterocycles. The SMILES string of the molecule is CC(C)(C)N=C(N)Nc1ccc(I)cc1. The van der Waals surface area contributed by atoms with Crippen LogP contribution >= 0.6 is 22.6 Å². The Bertz CT molecular complexity index is 349. The maximum absolute atomic E-state index is 5.77. The molecule has 0 unspecified atom stereocenters. The van der Waals surface area contributed by atoms with Crippen LogP contribution < -0.4 is 11.1 Å². The smallest absolute Gasteiger partial charge is 0.193 e. The molecule has 0 aliphatic heterocycles. The Kier molecular flexibility index (Phi) is 3.96. The summed E-state index contributed by atoms with van der Waals surface area (Å²) in [6.45, 7) is 6.03. The number of nitrogens with one attached hydrogen (secondary N) is 1. The van der Waals surface area contributed by atoms with Crippen LogP contribution in [0.1, 0.15) is 20.8 Å². The van der Waals surface area contributed by atoms with Crippen molar-refractivity contribution in [3.63, 3.8) is 0 Å². The predicted octanol–water partition coefficient (Wildman–Crippen LogP) is 2.82. The first-order valence-corrected chi connectivity index (χ1v) is 5.82. The van der Waals surface area contributed by atoms with Crippen LogP contribution in [0, 0.1) is 3.57 Å². The quantitative estimate of drug-likeness (QED) is 0.475. The van der Waals surface area contributed by atoms with Crippen molar-refractivity contribution >= 4 is 34.2 Å². The number of guanidine groups is 1. The fraction of sp³-hybridized carbons (Fsp3) is 0.364. The van der Waals surface area contributed by atoms with Gasteiger partial charge in [0.15, 0.2) is 5.96 Å². The average molecular weight is 317 g/mol. The van der Waals surface area contributed by atoms with Gasteiger partial charge in [-0.15, -0.1) is 0 Å². The van der Waals surface area contributed by atoms with Gasteiger partial charge in [-0.25, -0.2) is 4.99 Å². The first kappa shape index (κ1) is 12.3. The third-order valence-corrected chi connectivity index (χ3v) is 2.29. The van der Waals surface area contributed by atoms with Gasteiger partial charge in [0.2, 0.25) is 0 Å². The highest BCUT2D eigenvalue weighted by Gasteiger charge is 2.07. The van der Waals surface area contributed by atoms with E-state index in [9.17, 15) is 0 Å². The van der Waals surface area contributed by atoms with Gasteiger partial charge in [0, 0.05) is 9.26 Å². The molecule has 0 fully saturated rings. The van der Waals surface area contributed by atoms with Crippen LogP contribution in [0.3, 0.4) is 0 Å². The summed E-state index contributed by atoms with van der Waals surface area (Å²) < 4.78 is 1.20. The summed E-state index contributed by atoms with van der Waals surface area (Å²) in [5.41, 5.74) is 6.57. The van der Waals surface area contributed by atoms with Crippen molar-refractivity contribution in [1.82, 2.24) is 0 Å². The van der Waals surface area contributed by atoms with Gasteiger partial charge in [-0.1, -0.05) is 0 Å². The largest absolute Gasteiger partial charge is 0.370 e. The average Bonchev–Trinajstić information content (AvgIpc) is 2.05. The van der Waals surface area contributed by atoms with Crippen molar-refractivity contribution in [1.29, 1.82) is 0 Å². The fourth-order valence-electron chi connectivity index (χ4n) is 1.07. The molecule has 4 heteroatoms. The highest BCUT2D eigenvalue weighted by Crippen LogP contribution is 2.11. The minimum atomic E-state index is -0.152. The molecule has 0 amide bonds. The molecule has 0 saturated carbocycles. The molecular formula is C11H16IN3. The van der Waals surface area contributed by atoms with Gasteiger partial charge in [-0.3, -0.25) is 0 Å². The van der Waals surface area contributed by atoms with Crippen molar-refractivity contribution in [3.05, 3.63) is 27.8 Å². The molecule has 3 N–H and O–H groups in total. The lowest BCUT2D eigenvalue weighted by Gasteiger charge is -2.14. The molecule has 0 atom stereocenters.